The minimum Gasteiger partial charge on any atom is -0.311 e. The molecule has 0 aromatic heterocycles. The largest absolute Gasteiger partial charge is 0.416 e. The van der Waals surface area contributed by atoms with Gasteiger partial charge in [-0.2, -0.15) is 13.2 Å². The smallest absolute Gasteiger partial charge is 0.311 e. The van der Waals surface area contributed by atoms with Gasteiger partial charge < -0.3 is 5.32 Å². The van der Waals surface area contributed by atoms with Gasteiger partial charge in [-0.3, -0.25) is 0 Å². The summed E-state index contributed by atoms with van der Waals surface area (Å²) in [6.07, 6.45) is -3.18. The first kappa shape index (κ1) is 17.0. The minimum atomic E-state index is -4.34. The van der Waals surface area contributed by atoms with E-state index in [9.17, 15) is 21.6 Å². The third-order valence-corrected chi connectivity index (χ3v) is 5.32. The van der Waals surface area contributed by atoms with Crippen molar-refractivity contribution in [3.05, 3.63) is 35.4 Å². The Kier molecular flexibility index (Phi) is 4.86. The maximum Gasteiger partial charge on any atom is 0.416 e. The minimum absolute atomic E-state index is 0.229. The summed E-state index contributed by atoms with van der Waals surface area (Å²) in [5.41, 5.74) is -0.0278. The summed E-state index contributed by atoms with van der Waals surface area (Å²) in [6.45, 7) is 3.74. The van der Waals surface area contributed by atoms with Gasteiger partial charge in [-0.25, -0.2) is 8.42 Å². The Morgan fingerprint density at radius 1 is 1.10 bits per heavy atom. The summed E-state index contributed by atoms with van der Waals surface area (Å²) in [6, 6.07) is 4.78. The van der Waals surface area contributed by atoms with Gasteiger partial charge in [-0.05, 0) is 31.5 Å². The molecule has 1 rings (SSSR count). The predicted octanol–water partition coefficient (Wildman–Crippen LogP) is 2.62. The summed E-state index contributed by atoms with van der Waals surface area (Å²) in [4.78, 5) is 0. The molecular formula is C13H18F3NO2S. The molecule has 114 valence electrons. The van der Waals surface area contributed by atoms with E-state index in [1.165, 1.54) is 12.1 Å². The number of sulfone groups is 1. The van der Waals surface area contributed by atoms with Gasteiger partial charge in [0.05, 0.1) is 10.3 Å². The first-order valence-corrected chi connectivity index (χ1v) is 7.89. The lowest BCUT2D eigenvalue weighted by molar-refractivity contribution is -0.137. The van der Waals surface area contributed by atoms with Crippen LogP contribution in [0.15, 0.2) is 24.3 Å². The second kappa shape index (κ2) is 5.73. The molecular weight excluding hydrogens is 291 g/mol. The molecule has 1 N–H and O–H groups in total. The highest BCUT2D eigenvalue weighted by Gasteiger charge is 2.30. The summed E-state index contributed by atoms with van der Waals surface area (Å²) in [7, 11) is -3.19. The van der Waals surface area contributed by atoms with E-state index in [4.69, 9.17) is 0 Å². The van der Waals surface area contributed by atoms with Crippen LogP contribution in [0.2, 0.25) is 0 Å². The van der Waals surface area contributed by atoms with Crippen LogP contribution < -0.4 is 5.32 Å². The second-order valence-corrected chi connectivity index (χ2v) is 7.98. The number of benzene rings is 1. The van der Waals surface area contributed by atoms with Crippen LogP contribution in [0.5, 0.6) is 0 Å². The molecule has 1 aromatic carbocycles. The normalized spacial score (nSPS) is 13.5. The molecule has 0 heterocycles. The Bertz CT molecular complexity index is 548. The van der Waals surface area contributed by atoms with Gasteiger partial charge in [0.1, 0.15) is 0 Å². The highest BCUT2D eigenvalue weighted by atomic mass is 32.2. The average Bonchev–Trinajstić information content (AvgIpc) is 2.26. The van der Waals surface area contributed by atoms with Crippen molar-refractivity contribution in [2.24, 2.45) is 0 Å². The second-order valence-electron chi connectivity index (χ2n) is 5.33. The molecule has 0 aliphatic carbocycles. The SMILES string of the molecule is CC(C)(CNCc1ccc(C(F)(F)F)cc1)S(C)(=O)=O. The van der Waals surface area contributed by atoms with Crippen LogP contribution in [-0.4, -0.2) is 26.0 Å². The molecule has 0 aliphatic heterocycles. The lowest BCUT2D eigenvalue weighted by Crippen LogP contribution is -2.41. The van der Waals surface area contributed by atoms with E-state index in [1.54, 1.807) is 13.8 Å². The fourth-order valence-corrected chi connectivity index (χ4v) is 1.81. The van der Waals surface area contributed by atoms with E-state index < -0.39 is 26.3 Å². The van der Waals surface area contributed by atoms with Crippen molar-refractivity contribution in [3.63, 3.8) is 0 Å². The molecule has 0 saturated heterocycles. The maximum absolute atomic E-state index is 12.4. The van der Waals surface area contributed by atoms with E-state index in [1.807, 2.05) is 0 Å². The zero-order chi connectivity index (χ0) is 15.6. The lowest BCUT2D eigenvalue weighted by atomic mass is 10.1. The number of alkyl halides is 3. The summed E-state index contributed by atoms with van der Waals surface area (Å²) < 4.78 is 59.2. The Morgan fingerprint density at radius 2 is 1.60 bits per heavy atom. The van der Waals surface area contributed by atoms with Crippen molar-refractivity contribution in [2.75, 3.05) is 12.8 Å². The molecule has 3 nitrogen and oxygen atoms in total. The maximum atomic E-state index is 12.4. The molecule has 7 heteroatoms. The van der Waals surface area contributed by atoms with Gasteiger partial charge in [-0.15, -0.1) is 0 Å². The topological polar surface area (TPSA) is 46.2 Å². The fourth-order valence-electron chi connectivity index (χ4n) is 1.45. The van der Waals surface area contributed by atoms with Crippen molar-refractivity contribution in [1.29, 1.82) is 0 Å². The first-order valence-electron chi connectivity index (χ1n) is 6.00. The van der Waals surface area contributed by atoms with E-state index >= 15 is 0 Å². The van der Waals surface area contributed by atoms with Crippen LogP contribution >= 0.6 is 0 Å². The molecule has 0 radical (unpaired) electrons. The highest BCUT2D eigenvalue weighted by molar-refractivity contribution is 7.92. The van der Waals surface area contributed by atoms with Crippen molar-refractivity contribution in [1.82, 2.24) is 5.32 Å². The number of rotatable bonds is 5. The van der Waals surface area contributed by atoms with E-state index in [-0.39, 0.29) is 6.54 Å². The average molecular weight is 309 g/mol. The lowest BCUT2D eigenvalue weighted by Gasteiger charge is -2.22. The van der Waals surface area contributed by atoms with Gasteiger partial charge in [-0.1, -0.05) is 12.1 Å². The van der Waals surface area contributed by atoms with Crippen LogP contribution in [0, 0.1) is 0 Å². The Morgan fingerprint density at radius 3 is 2.00 bits per heavy atom. The Labute approximate surface area is 117 Å². The van der Waals surface area contributed by atoms with Gasteiger partial charge >= 0.3 is 6.18 Å². The molecule has 0 fully saturated rings. The van der Waals surface area contributed by atoms with Crippen LogP contribution in [-0.2, 0) is 22.6 Å². The highest BCUT2D eigenvalue weighted by Crippen LogP contribution is 2.29. The zero-order valence-electron chi connectivity index (χ0n) is 11.6. The van der Waals surface area contributed by atoms with Gasteiger partial charge in [0, 0.05) is 19.3 Å². The van der Waals surface area contributed by atoms with Gasteiger partial charge in [0.25, 0.3) is 0 Å². The number of hydrogen-bond donors (Lipinski definition) is 1. The molecule has 0 saturated carbocycles. The number of nitrogens with one attached hydrogen (secondary N) is 1. The Balaban J connectivity index is 2.60. The third-order valence-electron chi connectivity index (χ3n) is 3.16. The molecule has 0 bridgehead atoms. The standard InChI is InChI=1S/C13H18F3NO2S/c1-12(2,20(3,18)19)9-17-8-10-4-6-11(7-5-10)13(14,15)16/h4-7,17H,8-9H2,1-3H3. The van der Waals surface area contributed by atoms with Crippen LogP contribution in [0.4, 0.5) is 13.2 Å². The summed E-state index contributed by atoms with van der Waals surface area (Å²) >= 11 is 0. The quantitative estimate of drug-likeness (QED) is 0.909. The monoisotopic (exact) mass is 309 g/mol. The molecule has 0 spiro atoms. The van der Waals surface area contributed by atoms with Crippen molar-refractivity contribution >= 4 is 9.84 Å². The van der Waals surface area contributed by atoms with Crippen molar-refractivity contribution < 1.29 is 21.6 Å². The van der Waals surface area contributed by atoms with Crippen molar-refractivity contribution in [2.45, 2.75) is 31.3 Å². The molecule has 0 amide bonds. The summed E-state index contributed by atoms with van der Waals surface area (Å²) in [5.74, 6) is 0. The molecule has 0 aliphatic rings. The first-order chi connectivity index (χ1) is 8.93. The molecule has 0 atom stereocenters. The van der Waals surface area contributed by atoms with Gasteiger partial charge in [0.2, 0.25) is 0 Å². The predicted molar refractivity (Wildman–Crippen MR) is 72.1 cm³/mol. The Hall–Kier alpha value is -1.08. The zero-order valence-corrected chi connectivity index (χ0v) is 12.4. The van der Waals surface area contributed by atoms with Gasteiger partial charge in [0.15, 0.2) is 9.84 Å². The summed E-state index contributed by atoms with van der Waals surface area (Å²) in [5, 5.41) is 2.95. The van der Waals surface area contributed by atoms with Crippen LogP contribution in [0.25, 0.3) is 0 Å². The molecule has 0 unspecified atom stereocenters. The van der Waals surface area contributed by atoms with Crippen LogP contribution in [0.1, 0.15) is 25.0 Å². The van der Waals surface area contributed by atoms with E-state index in [0.717, 1.165) is 18.4 Å². The number of halogens is 3. The molecule has 1 aromatic rings. The number of hydrogen-bond acceptors (Lipinski definition) is 3. The molecule has 20 heavy (non-hydrogen) atoms. The van der Waals surface area contributed by atoms with Crippen LogP contribution in [0.3, 0.4) is 0 Å². The van der Waals surface area contributed by atoms with Crippen molar-refractivity contribution in [3.8, 4) is 0 Å². The third kappa shape index (κ3) is 4.49. The fraction of sp³-hybridized carbons (Fsp3) is 0.538. The van der Waals surface area contributed by atoms with E-state index in [2.05, 4.69) is 5.32 Å². The van der Waals surface area contributed by atoms with E-state index in [0.29, 0.717) is 12.1 Å².